The molecule has 0 spiro atoms. The Labute approximate surface area is 85.4 Å². The Hall–Kier alpha value is -0.430. The summed E-state index contributed by atoms with van der Waals surface area (Å²) in [6, 6.07) is 4.48. The lowest BCUT2D eigenvalue weighted by molar-refractivity contribution is 0.0693. The lowest BCUT2D eigenvalue weighted by Crippen LogP contribution is -1.96. The quantitative estimate of drug-likeness (QED) is 0.823. The van der Waals surface area contributed by atoms with Crippen LogP contribution < -0.4 is 0 Å². The molecule has 12 heavy (non-hydrogen) atoms. The van der Waals surface area contributed by atoms with Crippen LogP contribution in [0.2, 0.25) is 0 Å². The molecule has 0 bridgehead atoms. The number of carboxylic acids is 1. The number of carboxylic acid groups (broad SMARTS) is 1. The van der Waals surface area contributed by atoms with E-state index >= 15 is 0 Å². The number of phenols is 1. The van der Waals surface area contributed by atoms with E-state index in [1.807, 2.05) is 21.2 Å². The molecular formula is C7H5IO3S. The predicted molar refractivity (Wildman–Crippen MR) is 54.9 cm³/mol. The molecule has 64 valence electrons. The zero-order valence-electron chi connectivity index (χ0n) is 5.82. The van der Waals surface area contributed by atoms with Gasteiger partial charge in [-0.15, -0.1) is 0 Å². The number of benzene rings is 1. The van der Waals surface area contributed by atoms with Gasteiger partial charge in [-0.25, -0.2) is 4.79 Å². The molecule has 2 N–H and O–H groups in total. The molecule has 5 heteroatoms. The molecule has 0 aliphatic heterocycles. The van der Waals surface area contributed by atoms with Gasteiger partial charge in [0.1, 0.15) is 11.3 Å². The fourth-order valence-corrected chi connectivity index (χ4v) is 1.84. The van der Waals surface area contributed by atoms with Gasteiger partial charge in [-0.1, -0.05) is 8.93 Å². The number of aromatic carboxylic acids is 1. The predicted octanol–water partition coefficient (Wildman–Crippen LogP) is 2.53. The Morgan fingerprint density at radius 3 is 2.67 bits per heavy atom. The molecule has 0 unspecified atom stereocenters. The zero-order chi connectivity index (χ0) is 9.14. The topological polar surface area (TPSA) is 57.5 Å². The van der Waals surface area contributed by atoms with Crippen molar-refractivity contribution < 1.29 is 15.0 Å². The Balaban J connectivity index is 3.17. The van der Waals surface area contributed by atoms with E-state index in [1.54, 1.807) is 6.07 Å². The highest BCUT2D eigenvalue weighted by molar-refractivity contribution is 14.2. The van der Waals surface area contributed by atoms with E-state index < -0.39 is 5.97 Å². The minimum Gasteiger partial charge on any atom is -0.507 e. The molecular weight excluding hydrogens is 291 g/mol. The lowest BCUT2D eigenvalue weighted by Gasteiger charge is -2.00. The minimum absolute atomic E-state index is 0.0586. The molecule has 0 amide bonds. The molecule has 0 aliphatic carbocycles. The molecule has 1 rings (SSSR count). The highest BCUT2D eigenvalue weighted by Gasteiger charge is 2.09. The standard InChI is InChI=1S/C7H5IO3S/c8-12-4-1-2-6(9)5(3-4)7(10)11/h1-3,9H,(H,10,11). The van der Waals surface area contributed by atoms with Crippen LogP contribution in [0.1, 0.15) is 10.4 Å². The van der Waals surface area contributed by atoms with Gasteiger partial charge in [-0.2, -0.15) is 0 Å². The van der Waals surface area contributed by atoms with Crippen molar-refractivity contribution in [3.8, 4) is 5.75 Å². The number of hydrogen-bond donors (Lipinski definition) is 2. The maximum Gasteiger partial charge on any atom is 0.339 e. The summed E-state index contributed by atoms with van der Waals surface area (Å²) in [6.45, 7) is 0. The maximum atomic E-state index is 10.5. The van der Waals surface area contributed by atoms with E-state index in [2.05, 4.69) is 0 Å². The molecule has 0 atom stereocenters. The monoisotopic (exact) mass is 296 g/mol. The molecule has 0 saturated carbocycles. The molecule has 3 nitrogen and oxygen atoms in total. The molecule has 0 saturated heterocycles. The highest BCUT2D eigenvalue weighted by atomic mass is 127. The van der Waals surface area contributed by atoms with Gasteiger partial charge < -0.3 is 10.2 Å². The fourth-order valence-electron chi connectivity index (χ4n) is 0.734. The van der Waals surface area contributed by atoms with Crippen molar-refractivity contribution in [3.05, 3.63) is 23.8 Å². The van der Waals surface area contributed by atoms with Crippen LogP contribution in [0.25, 0.3) is 0 Å². The average molecular weight is 296 g/mol. The van der Waals surface area contributed by atoms with Crippen molar-refractivity contribution in [3.63, 3.8) is 0 Å². The summed E-state index contributed by atoms with van der Waals surface area (Å²) in [7, 11) is 1.40. The number of carbonyl (C=O) groups is 1. The maximum absolute atomic E-state index is 10.5. The molecule has 0 aliphatic rings. The van der Waals surface area contributed by atoms with Crippen LogP contribution in [0.4, 0.5) is 0 Å². The van der Waals surface area contributed by atoms with Crippen LogP contribution in [0, 0.1) is 0 Å². The Bertz CT molecular complexity index is 314. The summed E-state index contributed by atoms with van der Waals surface area (Å²) < 4.78 is 0. The van der Waals surface area contributed by atoms with Gasteiger partial charge in [0.05, 0.1) is 0 Å². The van der Waals surface area contributed by atoms with E-state index in [0.29, 0.717) is 0 Å². The smallest absolute Gasteiger partial charge is 0.339 e. The molecule has 0 radical (unpaired) electrons. The first-order valence-electron chi connectivity index (χ1n) is 3.00. The van der Waals surface area contributed by atoms with Crippen LogP contribution in [-0.4, -0.2) is 16.2 Å². The van der Waals surface area contributed by atoms with Gasteiger partial charge in [-0.3, -0.25) is 0 Å². The van der Waals surface area contributed by atoms with Gasteiger partial charge in [0, 0.05) is 26.1 Å². The van der Waals surface area contributed by atoms with Crippen LogP contribution in [0.3, 0.4) is 0 Å². The Kier molecular flexibility index (Phi) is 3.21. The van der Waals surface area contributed by atoms with Crippen molar-refractivity contribution in [2.75, 3.05) is 0 Å². The van der Waals surface area contributed by atoms with Gasteiger partial charge in [0.15, 0.2) is 0 Å². The van der Waals surface area contributed by atoms with E-state index in [4.69, 9.17) is 10.2 Å². The summed E-state index contributed by atoms with van der Waals surface area (Å²) in [5.41, 5.74) is -0.0586. The van der Waals surface area contributed by atoms with Crippen molar-refractivity contribution in [1.82, 2.24) is 0 Å². The number of halogens is 1. The third kappa shape index (κ3) is 2.04. The summed E-state index contributed by atoms with van der Waals surface area (Å²) >= 11 is 2.05. The van der Waals surface area contributed by atoms with Gasteiger partial charge in [0.25, 0.3) is 0 Å². The summed E-state index contributed by atoms with van der Waals surface area (Å²) in [5, 5.41) is 17.7. The van der Waals surface area contributed by atoms with E-state index in [0.717, 1.165) is 4.90 Å². The van der Waals surface area contributed by atoms with Crippen LogP contribution >= 0.6 is 30.1 Å². The second-order valence-electron chi connectivity index (χ2n) is 2.06. The Morgan fingerprint density at radius 2 is 2.17 bits per heavy atom. The molecule has 1 aromatic carbocycles. The number of rotatable bonds is 2. The van der Waals surface area contributed by atoms with Crippen LogP contribution in [0.15, 0.2) is 23.1 Å². The highest BCUT2D eigenvalue weighted by Crippen LogP contribution is 2.29. The normalized spacial score (nSPS) is 9.75. The van der Waals surface area contributed by atoms with Gasteiger partial charge in [0.2, 0.25) is 0 Å². The van der Waals surface area contributed by atoms with Gasteiger partial charge >= 0.3 is 5.97 Å². The first kappa shape index (κ1) is 9.66. The van der Waals surface area contributed by atoms with Crippen LogP contribution in [0.5, 0.6) is 5.75 Å². The summed E-state index contributed by atoms with van der Waals surface area (Å²) in [5.74, 6) is -1.31. The average Bonchev–Trinajstić information content (AvgIpc) is 2.05. The third-order valence-electron chi connectivity index (χ3n) is 1.29. The SMILES string of the molecule is O=C(O)c1cc(SI)ccc1O. The largest absolute Gasteiger partial charge is 0.507 e. The third-order valence-corrected chi connectivity index (χ3v) is 3.25. The second kappa shape index (κ2) is 3.99. The minimum atomic E-state index is -1.11. The number of aromatic hydroxyl groups is 1. The molecule has 0 heterocycles. The zero-order valence-corrected chi connectivity index (χ0v) is 8.79. The van der Waals surface area contributed by atoms with Gasteiger partial charge in [-0.05, 0) is 18.2 Å². The summed E-state index contributed by atoms with van der Waals surface area (Å²) in [6.07, 6.45) is 0. The fraction of sp³-hybridized carbons (Fsp3) is 0. The first-order valence-corrected chi connectivity index (χ1v) is 6.36. The summed E-state index contributed by atoms with van der Waals surface area (Å²) in [4.78, 5) is 11.3. The van der Waals surface area contributed by atoms with Crippen molar-refractivity contribution in [1.29, 1.82) is 0 Å². The number of hydrogen-bond acceptors (Lipinski definition) is 3. The van der Waals surface area contributed by atoms with Crippen LogP contribution in [-0.2, 0) is 0 Å². The molecule has 0 fully saturated rings. The van der Waals surface area contributed by atoms with E-state index in [-0.39, 0.29) is 11.3 Å². The lowest BCUT2D eigenvalue weighted by atomic mass is 10.2. The van der Waals surface area contributed by atoms with Crippen molar-refractivity contribution >= 4 is 36.1 Å². The first-order chi connectivity index (χ1) is 5.65. The van der Waals surface area contributed by atoms with Crippen molar-refractivity contribution in [2.24, 2.45) is 0 Å². The molecule has 1 aromatic rings. The Morgan fingerprint density at radius 1 is 1.50 bits per heavy atom. The van der Waals surface area contributed by atoms with E-state index in [1.165, 1.54) is 21.1 Å². The van der Waals surface area contributed by atoms with E-state index in [9.17, 15) is 4.79 Å². The van der Waals surface area contributed by atoms with Crippen molar-refractivity contribution in [2.45, 2.75) is 4.90 Å². The second-order valence-corrected chi connectivity index (χ2v) is 4.01. The molecule has 0 aromatic heterocycles.